The van der Waals surface area contributed by atoms with Crippen molar-refractivity contribution in [2.75, 3.05) is 0 Å². The highest BCUT2D eigenvalue weighted by atomic mass is 79.9. The number of rotatable bonds is 2. The Labute approximate surface area is 87.8 Å². The van der Waals surface area contributed by atoms with Crippen LogP contribution in [0.25, 0.3) is 0 Å². The van der Waals surface area contributed by atoms with Gasteiger partial charge in [-0.1, -0.05) is 11.6 Å². The molecule has 5 heteroatoms. The monoisotopic (exact) mass is 270 g/mol. The third kappa shape index (κ3) is 3.48. The fourth-order valence-corrected chi connectivity index (χ4v) is 1.51. The van der Waals surface area contributed by atoms with Crippen molar-refractivity contribution in [3.8, 4) is 5.75 Å². The number of alkyl halides is 2. The van der Waals surface area contributed by atoms with Gasteiger partial charge >= 0.3 is 6.11 Å². The molecule has 72 valence electrons. The fraction of sp³-hybridized carbons (Fsp3) is 0.250. The molecule has 1 nitrogen and oxygen atoms in total. The lowest BCUT2D eigenvalue weighted by atomic mass is 10.3. The smallest absolute Gasteiger partial charge is 0.394 e. The molecule has 13 heavy (non-hydrogen) atoms. The van der Waals surface area contributed by atoms with Gasteiger partial charge in [0.1, 0.15) is 5.75 Å². The highest BCUT2D eigenvalue weighted by molar-refractivity contribution is 9.10. The molecule has 0 aromatic heterocycles. The van der Waals surface area contributed by atoms with Crippen LogP contribution < -0.4 is 4.74 Å². The largest absolute Gasteiger partial charge is 0.432 e. The van der Waals surface area contributed by atoms with Gasteiger partial charge in [-0.2, -0.15) is 8.78 Å². The Bertz CT molecular complexity index is 312. The molecular formula is C8H6BrClF2O. The van der Waals surface area contributed by atoms with Gasteiger partial charge in [0.05, 0.1) is 4.47 Å². The highest BCUT2D eigenvalue weighted by Crippen LogP contribution is 2.31. The first-order chi connectivity index (χ1) is 5.88. The van der Waals surface area contributed by atoms with Crippen LogP contribution in [0.2, 0.25) is 5.02 Å². The van der Waals surface area contributed by atoms with Crippen molar-refractivity contribution in [2.24, 2.45) is 0 Å². The molecule has 0 bridgehead atoms. The molecular weight excluding hydrogens is 265 g/mol. The van der Waals surface area contributed by atoms with Gasteiger partial charge in [0, 0.05) is 11.9 Å². The zero-order chi connectivity index (χ0) is 10.1. The maximum atomic E-state index is 12.4. The van der Waals surface area contributed by atoms with E-state index in [0.29, 0.717) is 16.4 Å². The average molecular weight is 271 g/mol. The van der Waals surface area contributed by atoms with E-state index in [1.807, 2.05) is 0 Å². The molecule has 0 atom stereocenters. The van der Waals surface area contributed by atoms with E-state index in [-0.39, 0.29) is 5.75 Å². The molecule has 1 aromatic rings. The van der Waals surface area contributed by atoms with E-state index in [0.717, 1.165) is 0 Å². The van der Waals surface area contributed by atoms with Gasteiger partial charge in [-0.15, -0.1) is 0 Å². The molecule has 0 radical (unpaired) electrons. The molecule has 0 amide bonds. The topological polar surface area (TPSA) is 9.23 Å². The van der Waals surface area contributed by atoms with Crippen LogP contribution in [0.5, 0.6) is 5.75 Å². The quantitative estimate of drug-likeness (QED) is 0.787. The number of hydrogen-bond acceptors (Lipinski definition) is 1. The van der Waals surface area contributed by atoms with Crippen molar-refractivity contribution in [3.63, 3.8) is 0 Å². The van der Waals surface area contributed by atoms with Crippen LogP contribution >= 0.6 is 27.5 Å². The van der Waals surface area contributed by atoms with Crippen LogP contribution in [-0.4, -0.2) is 6.11 Å². The first-order valence-electron chi connectivity index (χ1n) is 3.40. The molecule has 1 aromatic carbocycles. The van der Waals surface area contributed by atoms with E-state index >= 15 is 0 Å². The van der Waals surface area contributed by atoms with E-state index in [1.54, 1.807) is 0 Å². The summed E-state index contributed by atoms with van der Waals surface area (Å²) >= 11 is 8.67. The summed E-state index contributed by atoms with van der Waals surface area (Å²) in [6.07, 6.45) is -3.18. The Morgan fingerprint density at radius 3 is 2.54 bits per heavy atom. The van der Waals surface area contributed by atoms with Crippen molar-refractivity contribution in [1.29, 1.82) is 0 Å². The summed E-state index contributed by atoms with van der Waals surface area (Å²) in [5.41, 5.74) is 0. The molecule has 0 heterocycles. The van der Waals surface area contributed by atoms with Crippen LogP contribution in [0.1, 0.15) is 6.92 Å². The third-order valence-corrected chi connectivity index (χ3v) is 2.04. The number of benzene rings is 1. The Morgan fingerprint density at radius 1 is 1.46 bits per heavy atom. The van der Waals surface area contributed by atoms with Gasteiger partial charge in [0.25, 0.3) is 0 Å². The molecule has 0 saturated carbocycles. The summed E-state index contributed by atoms with van der Waals surface area (Å²) in [6.45, 7) is 0.675. The third-order valence-electron chi connectivity index (χ3n) is 1.18. The van der Waals surface area contributed by atoms with Crippen LogP contribution in [0.4, 0.5) is 8.78 Å². The van der Waals surface area contributed by atoms with Crippen LogP contribution in [-0.2, 0) is 0 Å². The second kappa shape index (κ2) is 3.80. The summed E-state index contributed by atoms with van der Waals surface area (Å²) in [5, 5.41) is 0.457. The highest BCUT2D eigenvalue weighted by Gasteiger charge is 2.24. The Hall–Kier alpha value is -0.350. The van der Waals surface area contributed by atoms with E-state index in [2.05, 4.69) is 20.7 Å². The molecule has 0 saturated heterocycles. The summed E-state index contributed by atoms with van der Waals surface area (Å²) < 4.78 is 29.6. The summed E-state index contributed by atoms with van der Waals surface area (Å²) in [4.78, 5) is 0. The number of hydrogen-bond donors (Lipinski definition) is 0. The van der Waals surface area contributed by atoms with E-state index in [4.69, 9.17) is 11.6 Å². The van der Waals surface area contributed by atoms with Crippen molar-refractivity contribution >= 4 is 27.5 Å². The summed E-state index contributed by atoms with van der Waals surface area (Å²) in [7, 11) is 0. The van der Waals surface area contributed by atoms with Crippen molar-refractivity contribution in [3.05, 3.63) is 27.7 Å². The van der Waals surface area contributed by atoms with Gasteiger partial charge in [-0.3, -0.25) is 0 Å². The van der Waals surface area contributed by atoms with Gasteiger partial charge < -0.3 is 4.74 Å². The van der Waals surface area contributed by atoms with Gasteiger partial charge in [0.2, 0.25) is 0 Å². The minimum Gasteiger partial charge on any atom is -0.432 e. The fourth-order valence-electron chi connectivity index (χ4n) is 0.751. The lowest BCUT2D eigenvalue weighted by Gasteiger charge is -2.14. The molecule has 0 spiro atoms. The maximum absolute atomic E-state index is 12.4. The summed E-state index contributed by atoms with van der Waals surface area (Å²) in [5.74, 6) is 0.0666. The molecule has 0 aliphatic rings. The lowest BCUT2D eigenvalue weighted by molar-refractivity contribution is -0.159. The van der Waals surface area contributed by atoms with E-state index in [9.17, 15) is 8.78 Å². The van der Waals surface area contributed by atoms with Crippen molar-refractivity contribution in [1.82, 2.24) is 0 Å². The minimum absolute atomic E-state index is 0.0666. The molecule has 1 rings (SSSR count). The van der Waals surface area contributed by atoms with Crippen LogP contribution in [0.15, 0.2) is 22.7 Å². The van der Waals surface area contributed by atoms with Gasteiger partial charge in [-0.25, -0.2) is 0 Å². The van der Waals surface area contributed by atoms with Crippen molar-refractivity contribution < 1.29 is 13.5 Å². The van der Waals surface area contributed by atoms with Gasteiger partial charge in [-0.05, 0) is 34.1 Å². The van der Waals surface area contributed by atoms with E-state index < -0.39 is 6.11 Å². The molecule has 0 N–H and O–H groups in total. The normalized spacial score (nSPS) is 11.5. The zero-order valence-corrected chi connectivity index (χ0v) is 8.99. The maximum Gasteiger partial charge on any atom is 0.394 e. The first kappa shape index (κ1) is 10.7. The molecule has 0 unspecified atom stereocenters. The number of ether oxygens (including phenoxy) is 1. The Balaban J connectivity index is 2.90. The standard InChI is InChI=1S/C8H6BrClF2O/c1-8(11,12)13-7-3-2-5(10)4-6(7)9/h2-4H,1H3. The van der Waals surface area contributed by atoms with Crippen LogP contribution in [0, 0.1) is 0 Å². The van der Waals surface area contributed by atoms with Crippen LogP contribution in [0.3, 0.4) is 0 Å². The van der Waals surface area contributed by atoms with Gasteiger partial charge in [0.15, 0.2) is 0 Å². The Kier molecular flexibility index (Phi) is 3.14. The molecule has 0 fully saturated rings. The second-order valence-electron chi connectivity index (χ2n) is 2.48. The Morgan fingerprint density at radius 2 is 2.08 bits per heavy atom. The van der Waals surface area contributed by atoms with Crippen molar-refractivity contribution in [2.45, 2.75) is 13.0 Å². The average Bonchev–Trinajstić information content (AvgIpc) is 1.93. The molecule has 0 aliphatic carbocycles. The minimum atomic E-state index is -3.18. The predicted octanol–water partition coefficient (Wildman–Crippen LogP) is 4.09. The first-order valence-corrected chi connectivity index (χ1v) is 4.57. The SMILES string of the molecule is CC(F)(F)Oc1ccc(Cl)cc1Br. The summed E-state index contributed by atoms with van der Waals surface area (Å²) in [6, 6.07) is 4.35. The second-order valence-corrected chi connectivity index (χ2v) is 3.78. The number of halogens is 4. The predicted molar refractivity (Wildman–Crippen MR) is 50.4 cm³/mol. The molecule has 0 aliphatic heterocycles. The lowest BCUT2D eigenvalue weighted by Crippen LogP contribution is -2.19. The van der Waals surface area contributed by atoms with E-state index in [1.165, 1.54) is 18.2 Å². The zero-order valence-electron chi connectivity index (χ0n) is 6.65.